The Morgan fingerprint density at radius 3 is 2.62 bits per heavy atom. The van der Waals surface area contributed by atoms with Crippen LogP contribution in [0.5, 0.6) is 0 Å². The van der Waals surface area contributed by atoms with E-state index in [0.717, 1.165) is 37.4 Å². The first kappa shape index (κ1) is 26.2. The molecule has 4 aliphatic carbocycles. The van der Waals surface area contributed by atoms with Crippen LogP contribution in [0, 0.1) is 34.5 Å². The highest BCUT2D eigenvalue weighted by atomic mass is 35.5. The molecule has 37 heavy (non-hydrogen) atoms. The Balaban J connectivity index is 1.20. The van der Waals surface area contributed by atoms with Gasteiger partial charge in [-0.15, -0.1) is 0 Å². The third kappa shape index (κ3) is 6.19. The topological polar surface area (TPSA) is 106 Å². The highest BCUT2D eigenvalue weighted by Gasteiger charge is 2.54. The molecule has 8 heteroatoms. The monoisotopic (exact) mass is 522 g/mol. The van der Waals surface area contributed by atoms with Gasteiger partial charge in [-0.3, -0.25) is 0 Å². The molecule has 4 aliphatic rings. The first-order valence-corrected chi connectivity index (χ1v) is 14.1. The Bertz CT molecular complexity index is 1130. The molecule has 6 rings (SSSR count). The molecule has 2 aromatic rings. The molecule has 5 atom stereocenters. The van der Waals surface area contributed by atoms with E-state index in [1.54, 1.807) is 6.20 Å². The molecule has 1 aromatic heterocycles. The lowest BCUT2D eigenvalue weighted by Crippen LogP contribution is -2.59. The summed E-state index contributed by atoms with van der Waals surface area (Å²) in [6, 6.07) is 10.5. The molecule has 7 nitrogen and oxygen atoms in total. The summed E-state index contributed by atoms with van der Waals surface area (Å²) in [5, 5.41) is 31.1. The molecule has 4 saturated carbocycles. The van der Waals surface area contributed by atoms with Crippen molar-refractivity contribution in [2.45, 2.75) is 77.0 Å². The summed E-state index contributed by atoms with van der Waals surface area (Å²) >= 11 is 6.28. The van der Waals surface area contributed by atoms with Crippen molar-refractivity contribution in [2.24, 2.45) is 23.2 Å². The van der Waals surface area contributed by atoms with Gasteiger partial charge in [0.1, 0.15) is 17.5 Å². The zero-order valence-corrected chi connectivity index (χ0v) is 22.7. The van der Waals surface area contributed by atoms with Gasteiger partial charge in [-0.25, -0.2) is 4.98 Å². The van der Waals surface area contributed by atoms with E-state index in [-0.39, 0.29) is 5.41 Å². The van der Waals surface area contributed by atoms with Crippen molar-refractivity contribution >= 4 is 23.4 Å². The van der Waals surface area contributed by atoms with Gasteiger partial charge in [-0.1, -0.05) is 29.8 Å². The number of halogens is 1. The summed E-state index contributed by atoms with van der Waals surface area (Å²) in [6.45, 7) is 6.12. The normalized spacial score (nSPS) is 28.2. The Kier molecular flexibility index (Phi) is 7.63. The van der Waals surface area contributed by atoms with E-state index in [0.29, 0.717) is 46.8 Å². The smallest absolute Gasteiger partial charge is 0.224 e. The number of benzene rings is 1. The number of aliphatic hydroxyl groups is 1. The molecule has 1 unspecified atom stereocenters. The van der Waals surface area contributed by atoms with Crippen LogP contribution in [-0.4, -0.2) is 39.8 Å². The maximum Gasteiger partial charge on any atom is 0.224 e. The van der Waals surface area contributed by atoms with Gasteiger partial charge >= 0.3 is 0 Å². The maximum absolute atomic E-state index is 10.0. The van der Waals surface area contributed by atoms with Gasteiger partial charge in [0, 0.05) is 24.2 Å². The molecule has 0 aliphatic heterocycles. The highest BCUT2D eigenvalue weighted by Crippen LogP contribution is 2.60. The van der Waals surface area contributed by atoms with Crippen molar-refractivity contribution in [1.29, 1.82) is 5.26 Å². The summed E-state index contributed by atoms with van der Waals surface area (Å²) in [5.74, 6) is 3.33. The lowest BCUT2D eigenvalue weighted by Gasteiger charge is -2.60. The van der Waals surface area contributed by atoms with Crippen LogP contribution >= 0.6 is 11.6 Å². The van der Waals surface area contributed by atoms with Crippen molar-refractivity contribution in [1.82, 2.24) is 15.3 Å². The fraction of sp³-hybridized carbons (Fsp3) is 0.621. The minimum absolute atomic E-state index is 0.268. The number of anilines is 2. The molecule has 4 bridgehead atoms. The number of nitriles is 1. The minimum Gasteiger partial charge on any atom is -0.390 e. The summed E-state index contributed by atoms with van der Waals surface area (Å²) in [4.78, 5) is 9.00. The summed E-state index contributed by atoms with van der Waals surface area (Å²) in [5.41, 5.74) is 1.13. The van der Waals surface area contributed by atoms with E-state index in [4.69, 9.17) is 11.6 Å². The second kappa shape index (κ2) is 10.8. The van der Waals surface area contributed by atoms with Crippen LogP contribution in [-0.2, 0) is 6.54 Å². The van der Waals surface area contributed by atoms with E-state index >= 15 is 0 Å². The molecule has 198 valence electrons. The molecular weight excluding hydrogens is 484 g/mol. The predicted octanol–water partition coefficient (Wildman–Crippen LogP) is 5.36. The third-order valence-electron chi connectivity index (χ3n) is 8.68. The van der Waals surface area contributed by atoms with Crippen LogP contribution in [0.4, 0.5) is 11.8 Å². The van der Waals surface area contributed by atoms with E-state index in [1.165, 1.54) is 32.1 Å². The Morgan fingerprint density at radius 1 is 1.16 bits per heavy atom. The minimum atomic E-state index is -0.589. The zero-order chi connectivity index (χ0) is 26.0. The molecule has 4 fully saturated rings. The standard InChI is InChI=1S/C29H39ClN6O/c1-28(2,37)8-5-9-32-25-21-10-19-11-22(25)14-29(12-19,13-21)18-35-26-23(15-31)17-34-27(36-26)33-16-20-6-3-4-7-24(20)30/h3-4,6-7,17,19,21-22,25,32,37H,5,8-14,16,18H2,1-2H3,(H2,33,34,35,36)/t19?,21-,22+,25-,29+. The molecule has 0 radical (unpaired) electrons. The van der Waals surface area contributed by atoms with Gasteiger partial charge in [0.25, 0.3) is 0 Å². The quantitative estimate of drug-likeness (QED) is 0.294. The first-order valence-electron chi connectivity index (χ1n) is 13.7. The number of nitrogens with zero attached hydrogens (tertiary/aromatic N) is 3. The molecule has 1 aromatic carbocycles. The van der Waals surface area contributed by atoms with Crippen LogP contribution in [0.3, 0.4) is 0 Å². The lowest BCUT2D eigenvalue weighted by atomic mass is 9.48. The van der Waals surface area contributed by atoms with Crippen LogP contribution < -0.4 is 16.0 Å². The van der Waals surface area contributed by atoms with Gasteiger partial charge in [-0.05, 0) is 100 Å². The predicted molar refractivity (Wildman–Crippen MR) is 147 cm³/mol. The third-order valence-corrected chi connectivity index (χ3v) is 9.05. The van der Waals surface area contributed by atoms with E-state index in [1.807, 2.05) is 38.1 Å². The highest BCUT2D eigenvalue weighted by molar-refractivity contribution is 6.31. The van der Waals surface area contributed by atoms with Crippen molar-refractivity contribution in [3.8, 4) is 6.07 Å². The van der Waals surface area contributed by atoms with Gasteiger partial charge in [-0.2, -0.15) is 10.2 Å². The Morgan fingerprint density at radius 2 is 1.92 bits per heavy atom. The van der Waals surface area contributed by atoms with Crippen molar-refractivity contribution in [2.75, 3.05) is 23.7 Å². The first-order chi connectivity index (χ1) is 17.7. The number of hydrogen-bond donors (Lipinski definition) is 4. The molecule has 0 amide bonds. The van der Waals surface area contributed by atoms with Crippen molar-refractivity contribution in [3.63, 3.8) is 0 Å². The largest absolute Gasteiger partial charge is 0.390 e. The number of nitrogens with one attached hydrogen (secondary N) is 3. The molecule has 1 heterocycles. The van der Waals surface area contributed by atoms with Gasteiger partial charge in [0.2, 0.25) is 5.95 Å². The number of hydrogen-bond acceptors (Lipinski definition) is 7. The fourth-order valence-corrected chi connectivity index (χ4v) is 7.51. The zero-order valence-electron chi connectivity index (χ0n) is 21.9. The summed E-state index contributed by atoms with van der Waals surface area (Å²) in [7, 11) is 0. The maximum atomic E-state index is 10.0. The lowest BCUT2D eigenvalue weighted by molar-refractivity contribution is -0.0695. The molecular formula is C29H39ClN6O. The van der Waals surface area contributed by atoms with Crippen LogP contribution in [0.25, 0.3) is 0 Å². The number of rotatable bonds is 11. The average molecular weight is 523 g/mol. The van der Waals surface area contributed by atoms with Crippen LogP contribution in [0.2, 0.25) is 5.02 Å². The van der Waals surface area contributed by atoms with Crippen LogP contribution in [0.1, 0.15) is 69.9 Å². The van der Waals surface area contributed by atoms with E-state index in [2.05, 4.69) is 32.0 Å². The SMILES string of the molecule is CC(C)(O)CCCN[C@@H]1[C@@H]2CC3C[C@H]1C[C@](CNc1nc(NCc4ccccc4Cl)ncc1C#N)(C3)C2. The summed E-state index contributed by atoms with van der Waals surface area (Å²) in [6.07, 6.45) is 9.80. The van der Waals surface area contributed by atoms with Crippen molar-refractivity contribution < 1.29 is 5.11 Å². The Hall–Kier alpha value is -2.40. The second-order valence-corrected chi connectivity index (χ2v) is 12.6. The van der Waals surface area contributed by atoms with E-state index < -0.39 is 5.60 Å². The van der Waals surface area contributed by atoms with Gasteiger partial charge in [0.05, 0.1) is 11.8 Å². The summed E-state index contributed by atoms with van der Waals surface area (Å²) < 4.78 is 0. The molecule has 4 N–H and O–H groups in total. The van der Waals surface area contributed by atoms with Crippen LogP contribution in [0.15, 0.2) is 30.5 Å². The second-order valence-electron chi connectivity index (χ2n) is 12.2. The van der Waals surface area contributed by atoms with Crippen molar-refractivity contribution in [3.05, 3.63) is 46.6 Å². The number of aromatic nitrogens is 2. The van der Waals surface area contributed by atoms with E-state index in [9.17, 15) is 10.4 Å². The molecule has 0 spiro atoms. The molecule has 0 saturated heterocycles. The van der Waals surface area contributed by atoms with Gasteiger partial charge in [0.15, 0.2) is 0 Å². The average Bonchev–Trinajstić information content (AvgIpc) is 2.85. The Labute approximate surface area is 225 Å². The van der Waals surface area contributed by atoms with Gasteiger partial charge < -0.3 is 21.1 Å². The fourth-order valence-electron chi connectivity index (χ4n) is 7.30.